The van der Waals surface area contributed by atoms with E-state index in [1.54, 1.807) is 21.9 Å². The van der Waals surface area contributed by atoms with Gasteiger partial charge in [0.25, 0.3) is 5.91 Å². The van der Waals surface area contributed by atoms with Crippen LogP contribution in [0.3, 0.4) is 0 Å². The van der Waals surface area contributed by atoms with Gasteiger partial charge in [0.15, 0.2) is 11.7 Å². The van der Waals surface area contributed by atoms with Crippen molar-refractivity contribution in [3.05, 3.63) is 46.6 Å². The number of nitrogens with zero attached hydrogens (tertiary/aromatic N) is 4. The number of fused-ring (bicyclic) bond motifs is 1. The Morgan fingerprint density at radius 1 is 1.34 bits per heavy atom. The van der Waals surface area contributed by atoms with Crippen LogP contribution >= 0.6 is 45.5 Å². The Kier molecular flexibility index (Phi) is 7.01. The standard InChI is InChI=1S/C21H21ClIN5O3S/c1-12(23)19-21(30)27(9-13-2-3-14-15(8-13)25-11-26-20(14)24)6-7-28(19)17(29)10-31-18-5-4-16(22)32-18/h2-5,8,11-12,19H,6-7,9-10H2,1H3,(H2,24,25,26)/t12-,19-/m0/s1. The SMILES string of the molecule is C[C@H](I)[C@H]1C(=O)N(Cc2ccc3c(N)ncnc3c2)CCN1C(=O)COc1ccc(Cl)s1. The Labute approximate surface area is 207 Å². The van der Waals surface area contributed by atoms with Crippen LogP contribution in [0.4, 0.5) is 5.82 Å². The maximum absolute atomic E-state index is 13.3. The highest BCUT2D eigenvalue weighted by molar-refractivity contribution is 14.1. The van der Waals surface area contributed by atoms with Crippen molar-refractivity contribution in [1.29, 1.82) is 0 Å². The number of alkyl halides is 1. The van der Waals surface area contributed by atoms with Crippen LogP contribution in [0.5, 0.6) is 5.06 Å². The molecular formula is C21H21ClIN5O3S. The minimum atomic E-state index is -0.550. The number of ether oxygens (including phenoxy) is 1. The predicted molar refractivity (Wildman–Crippen MR) is 133 cm³/mol. The summed E-state index contributed by atoms with van der Waals surface area (Å²) in [6.07, 6.45) is 1.43. The summed E-state index contributed by atoms with van der Waals surface area (Å²) in [5.74, 6) is 0.137. The van der Waals surface area contributed by atoms with E-state index < -0.39 is 6.04 Å². The maximum Gasteiger partial charge on any atom is 0.261 e. The summed E-state index contributed by atoms with van der Waals surface area (Å²) in [4.78, 5) is 37.8. The monoisotopic (exact) mass is 585 g/mol. The van der Waals surface area contributed by atoms with Crippen molar-refractivity contribution in [3.8, 4) is 5.06 Å². The molecule has 0 spiro atoms. The third-order valence-corrected chi connectivity index (χ3v) is 7.08. The van der Waals surface area contributed by atoms with Crippen molar-refractivity contribution in [1.82, 2.24) is 19.8 Å². The molecule has 0 aliphatic carbocycles. The van der Waals surface area contributed by atoms with Crippen molar-refractivity contribution in [3.63, 3.8) is 0 Å². The maximum atomic E-state index is 13.3. The highest BCUT2D eigenvalue weighted by atomic mass is 127. The molecule has 3 heterocycles. The fraction of sp³-hybridized carbons (Fsp3) is 0.333. The van der Waals surface area contributed by atoms with Crippen molar-refractivity contribution < 1.29 is 14.3 Å². The van der Waals surface area contributed by atoms with Gasteiger partial charge in [0.05, 0.1) is 9.85 Å². The zero-order valence-corrected chi connectivity index (χ0v) is 20.9. The Bertz CT molecular complexity index is 1160. The number of nitrogens with two attached hydrogens (primary N) is 1. The fourth-order valence-corrected chi connectivity index (χ4v) is 5.28. The fourth-order valence-electron chi connectivity index (χ4n) is 3.71. The number of benzene rings is 1. The second kappa shape index (κ2) is 9.75. The van der Waals surface area contributed by atoms with Gasteiger partial charge in [-0.2, -0.15) is 0 Å². The molecule has 0 saturated carbocycles. The third-order valence-electron chi connectivity index (χ3n) is 5.26. The van der Waals surface area contributed by atoms with E-state index in [-0.39, 0.29) is 22.3 Å². The van der Waals surface area contributed by atoms with Crippen molar-refractivity contribution in [2.45, 2.75) is 23.4 Å². The third kappa shape index (κ3) is 4.91. The molecule has 32 heavy (non-hydrogen) atoms. The number of anilines is 1. The molecule has 1 aromatic carbocycles. The molecule has 1 saturated heterocycles. The number of carbonyl (C=O) groups is 2. The molecule has 0 unspecified atom stereocenters. The van der Waals surface area contributed by atoms with Gasteiger partial charge in [0, 0.05) is 28.9 Å². The molecule has 8 nitrogen and oxygen atoms in total. The van der Waals surface area contributed by atoms with E-state index in [1.807, 2.05) is 25.1 Å². The lowest BCUT2D eigenvalue weighted by molar-refractivity contribution is -0.152. The molecule has 2 atom stereocenters. The number of rotatable bonds is 6. The van der Waals surface area contributed by atoms with Gasteiger partial charge in [0.1, 0.15) is 18.2 Å². The summed E-state index contributed by atoms with van der Waals surface area (Å²) in [5, 5.41) is 1.36. The van der Waals surface area contributed by atoms with E-state index in [0.29, 0.717) is 34.9 Å². The van der Waals surface area contributed by atoms with Crippen LogP contribution in [-0.4, -0.2) is 61.2 Å². The van der Waals surface area contributed by atoms with Gasteiger partial charge >= 0.3 is 0 Å². The largest absolute Gasteiger partial charge is 0.474 e. The molecule has 3 aromatic rings. The van der Waals surface area contributed by atoms with Crippen LogP contribution in [0.1, 0.15) is 12.5 Å². The normalized spacial score (nSPS) is 17.6. The zero-order valence-electron chi connectivity index (χ0n) is 17.2. The van der Waals surface area contributed by atoms with E-state index in [1.165, 1.54) is 17.7 Å². The molecule has 4 rings (SSSR count). The molecule has 1 aliphatic rings. The Balaban J connectivity index is 1.45. The average molecular weight is 586 g/mol. The first-order chi connectivity index (χ1) is 15.3. The molecule has 1 fully saturated rings. The van der Waals surface area contributed by atoms with Gasteiger partial charge in [-0.1, -0.05) is 58.5 Å². The number of carbonyl (C=O) groups excluding carboxylic acids is 2. The Hall–Kier alpha value is -2.18. The molecule has 2 amide bonds. The van der Waals surface area contributed by atoms with Crippen LogP contribution in [0.15, 0.2) is 36.7 Å². The quantitative estimate of drug-likeness (QED) is 0.352. The lowest BCUT2D eigenvalue weighted by Gasteiger charge is -2.42. The number of amides is 2. The number of thiophene rings is 1. The summed E-state index contributed by atoms with van der Waals surface area (Å²) in [5.41, 5.74) is 7.58. The van der Waals surface area contributed by atoms with E-state index in [2.05, 4.69) is 32.6 Å². The van der Waals surface area contributed by atoms with Gasteiger partial charge in [-0.15, -0.1) is 0 Å². The second-order valence-electron chi connectivity index (χ2n) is 7.43. The van der Waals surface area contributed by atoms with Crippen LogP contribution in [-0.2, 0) is 16.1 Å². The summed E-state index contributed by atoms with van der Waals surface area (Å²) in [6, 6.07) is 8.61. The molecule has 2 N–H and O–H groups in total. The van der Waals surface area contributed by atoms with Crippen molar-refractivity contribution in [2.24, 2.45) is 0 Å². The molecule has 0 bridgehead atoms. The molecule has 168 valence electrons. The first-order valence-electron chi connectivity index (χ1n) is 9.93. The number of aromatic nitrogens is 2. The van der Waals surface area contributed by atoms with Crippen molar-refractivity contribution in [2.75, 3.05) is 25.4 Å². The molecular weight excluding hydrogens is 565 g/mol. The van der Waals surface area contributed by atoms with Gasteiger partial charge in [-0.05, 0) is 29.8 Å². The van der Waals surface area contributed by atoms with Crippen molar-refractivity contribution >= 4 is 74.1 Å². The summed E-state index contributed by atoms with van der Waals surface area (Å²) in [7, 11) is 0. The van der Waals surface area contributed by atoms with Gasteiger partial charge < -0.3 is 20.3 Å². The number of hydrogen-bond donors (Lipinski definition) is 1. The number of halogens is 2. The summed E-state index contributed by atoms with van der Waals surface area (Å²) >= 11 is 9.37. The van der Waals surface area contributed by atoms with Crippen LogP contribution in [0.2, 0.25) is 4.34 Å². The number of nitrogen functional groups attached to an aromatic ring is 1. The number of piperazine rings is 1. The Morgan fingerprint density at radius 2 is 2.16 bits per heavy atom. The molecule has 11 heteroatoms. The Morgan fingerprint density at radius 3 is 2.88 bits per heavy atom. The average Bonchev–Trinajstić information content (AvgIpc) is 3.18. The molecule has 2 aromatic heterocycles. The smallest absolute Gasteiger partial charge is 0.261 e. The molecule has 0 radical (unpaired) electrons. The minimum Gasteiger partial charge on any atom is -0.474 e. The first kappa shape index (κ1) is 23.0. The highest BCUT2D eigenvalue weighted by Gasteiger charge is 2.40. The van der Waals surface area contributed by atoms with Gasteiger partial charge in [0.2, 0.25) is 5.91 Å². The van der Waals surface area contributed by atoms with E-state index in [4.69, 9.17) is 22.1 Å². The van der Waals surface area contributed by atoms with E-state index in [0.717, 1.165) is 16.5 Å². The topological polar surface area (TPSA) is 102 Å². The summed E-state index contributed by atoms with van der Waals surface area (Å²) < 4.78 is 6.10. The summed E-state index contributed by atoms with van der Waals surface area (Å²) in [6.45, 7) is 3.13. The highest BCUT2D eigenvalue weighted by Crippen LogP contribution is 2.29. The zero-order chi connectivity index (χ0) is 22.8. The lowest BCUT2D eigenvalue weighted by Crippen LogP contribution is -2.61. The minimum absolute atomic E-state index is 0.0628. The van der Waals surface area contributed by atoms with E-state index >= 15 is 0 Å². The predicted octanol–water partition coefficient (Wildman–Crippen LogP) is 3.37. The second-order valence-corrected chi connectivity index (χ2v) is 11.1. The van der Waals surface area contributed by atoms with E-state index in [9.17, 15) is 9.59 Å². The van der Waals surface area contributed by atoms with Gasteiger partial charge in [-0.3, -0.25) is 9.59 Å². The first-order valence-corrected chi connectivity index (χ1v) is 12.4. The van der Waals surface area contributed by atoms with Crippen LogP contribution in [0.25, 0.3) is 10.9 Å². The molecule has 1 aliphatic heterocycles. The van der Waals surface area contributed by atoms with Crippen LogP contribution in [0, 0.1) is 0 Å². The van der Waals surface area contributed by atoms with Crippen LogP contribution < -0.4 is 10.5 Å². The number of hydrogen-bond acceptors (Lipinski definition) is 7. The van der Waals surface area contributed by atoms with Gasteiger partial charge in [-0.25, -0.2) is 9.97 Å². The lowest BCUT2D eigenvalue weighted by atomic mass is 10.1.